The molecule has 1 heterocycles. The van der Waals surface area contributed by atoms with Crippen molar-refractivity contribution in [2.45, 2.75) is 18.3 Å². The summed E-state index contributed by atoms with van der Waals surface area (Å²) in [6.07, 6.45) is 0. The van der Waals surface area contributed by atoms with Crippen LogP contribution >= 0.6 is 11.8 Å². The fraction of sp³-hybridized carbons (Fsp3) is 0.417. The van der Waals surface area contributed by atoms with Crippen molar-refractivity contribution in [3.05, 3.63) is 39.9 Å². The lowest BCUT2D eigenvalue weighted by Crippen LogP contribution is -2.35. The maximum absolute atomic E-state index is 11.6. The highest BCUT2D eigenvalue weighted by Crippen LogP contribution is 2.37. The number of benzene rings is 1. The number of carbonyl (C=O) groups is 1. The third-order valence-electron chi connectivity index (χ3n) is 2.77. The standard InChI is InChI=1S/C12H14N2O4S/c1-2-18-12(15)9-7-19-11(13-9)8-5-3-4-6-10(8)14(16)17/h3-6,9,11,13H,2,7H2,1H3/t9-,11+/m1/s1. The third kappa shape index (κ3) is 3.05. The Hall–Kier alpha value is -1.60. The molecule has 102 valence electrons. The number of esters is 1. The molecule has 1 aliphatic rings. The first kappa shape index (κ1) is 13.8. The Balaban J connectivity index is 2.13. The smallest absolute Gasteiger partial charge is 0.324 e. The van der Waals surface area contributed by atoms with Gasteiger partial charge in [0, 0.05) is 11.8 Å². The van der Waals surface area contributed by atoms with Crippen LogP contribution in [-0.4, -0.2) is 29.3 Å². The maximum Gasteiger partial charge on any atom is 0.324 e. The minimum absolute atomic E-state index is 0.0667. The number of nitro benzene ring substituents is 1. The fourth-order valence-electron chi connectivity index (χ4n) is 1.91. The van der Waals surface area contributed by atoms with Crippen molar-refractivity contribution in [1.29, 1.82) is 0 Å². The van der Waals surface area contributed by atoms with Crippen molar-refractivity contribution in [1.82, 2.24) is 5.32 Å². The van der Waals surface area contributed by atoms with Crippen LogP contribution in [0.2, 0.25) is 0 Å². The highest BCUT2D eigenvalue weighted by molar-refractivity contribution is 7.99. The van der Waals surface area contributed by atoms with Crippen LogP contribution in [0.1, 0.15) is 17.9 Å². The Labute approximate surface area is 114 Å². The first-order valence-electron chi connectivity index (χ1n) is 5.91. The van der Waals surface area contributed by atoms with Crippen LogP contribution in [0.4, 0.5) is 5.69 Å². The second-order valence-corrected chi connectivity index (χ2v) is 5.14. The van der Waals surface area contributed by atoms with Crippen molar-refractivity contribution in [2.24, 2.45) is 0 Å². The molecule has 1 aromatic rings. The Kier molecular flexibility index (Phi) is 4.39. The van der Waals surface area contributed by atoms with Crippen molar-refractivity contribution in [2.75, 3.05) is 12.4 Å². The van der Waals surface area contributed by atoms with E-state index in [-0.39, 0.29) is 17.0 Å². The quantitative estimate of drug-likeness (QED) is 0.515. The molecule has 7 heteroatoms. The van der Waals surface area contributed by atoms with Gasteiger partial charge >= 0.3 is 5.97 Å². The summed E-state index contributed by atoms with van der Waals surface area (Å²) in [6, 6.07) is 6.15. The van der Waals surface area contributed by atoms with E-state index in [0.29, 0.717) is 17.9 Å². The van der Waals surface area contributed by atoms with Crippen molar-refractivity contribution < 1.29 is 14.5 Å². The predicted octanol–water partition coefficient (Wildman–Crippen LogP) is 1.86. The number of nitrogens with one attached hydrogen (secondary N) is 1. The monoisotopic (exact) mass is 282 g/mol. The average molecular weight is 282 g/mol. The van der Waals surface area contributed by atoms with Gasteiger partial charge in [-0.3, -0.25) is 20.2 Å². The number of hydrogen-bond donors (Lipinski definition) is 1. The second-order valence-electron chi connectivity index (χ2n) is 4.00. The molecule has 2 rings (SSSR count). The summed E-state index contributed by atoms with van der Waals surface area (Å²) >= 11 is 1.47. The second kappa shape index (κ2) is 6.03. The van der Waals surface area contributed by atoms with Gasteiger partial charge in [0.2, 0.25) is 0 Å². The Morgan fingerprint density at radius 2 is 2.32 bits per heavy atom. The van der Waals surface area contributed by atoms with Gasteiger partial charge in [-0.15, -0.1) is 11.8 Å². The molecule has 0 bridgehead atoms. The summed E-state index contributed by atoms with van der Waals surface area (Å²) in [6.45, 7) is 2.08. The van der Waals surface area contributed by atoms with Gasteiger partial charge in [-0.1, -0.05) is 12.1 Å². The number of thioether (sulfide) groups is 1. The highest BCUT2D eigenvalue weighted by atomic mass is 32.2. The van der Waals surface area contributed by atoms with Gasteiger partial charge in [0.1, 0.15) is 6.04 Å². The van der Waals surface area contributed by atoms with Crippen molar-refractivity contribution >= 4 is 23.4 Å². The molecule has 2 atom stereocenters. The van der Waals surface area contributed by atoms with Crippen LogP contribution in [0.15, 0.2) is 24.3 Å². The topological polar surface area (TPSA) is 81.5 Å². The molecule has 0 unspecified atom stereocenters. The Morgan fingerprint density at radius 3 is 3.00 bits per heavy atom. The molecule has 19 heavy (non-hydrogen) atoms. The van der Waals surface area contributed by atoms with Crippen LogP contribution in [0.3, 0.4) is 0 Å². The van der Waals surface area contributed by atoms with Crippen LogP contribution in [0, 0.1) is 10.1 Å². The van der Waals surface area contributed by atoms with Gasteiger partial charge in [-0.05, 0) is 13.0 Å². The molecule has 0 amide bonds. The fourth-order valence-corrected chi connectivity index (χ4v) is 3.16. The number of ether oxygens (including phenoxy) is 1. The molecule has 0 radical (unpaired) electrons. The predicted molar refractivity (Wildman–Crippen MR) is 71.9 cm³/mol. The van der Waals surface area contributed by atoms with E-state index in [9.17, 15) is 14.9 Å². The number of nitrogens with zero attached hydrogens (tertiary/aromatic N) is 1. The van der Waals surface area contributed by atoms with Crippen LogP contribution in [0.25, 0.3) is 0 Å². The molecule has 6 nitrogen and oxygen atoms in total. The minimum Gasteiger partial charge on any atom is -0.465 e. The molecular formula is C12H14N2O4S. The summed E-state index contributed by atoms with van der Waals surface area (Å²) in [7, 11) is 0. The summed E-state index contributed by atoms with van der Waals surface area (Å²) in [4.78, 5) is 22.2. The van der Waals surface area contributed by atoms with E-state index in [1.54, 1.807) is 25.1 Å². The largest absolute Gasteiger partial charge is 0.465 e. The minimum atomic E-state index is -0.408. The van der Waals surface area contributed by atoms with E-state index in [2.05, 4.69) is 5.32 Å². The van der Waals surface area contributed by atoms with E-state index in [1.807, 2.05) is 0 Å². The van der Waals surface area contributed by atoms with Gasteiger partial charge in [-0.2, -0.15) is 0 Å². The summed E-state index contributed by atoms with van der Waals surface area (Å²) < 4.78 is 4.94. The van der Waals surface area contributed by atoms with Crippen LogP contribution < -0.4 is 5.32 Å². The van der Waals surface area contributed by atoms with E-state index in [0.717, 1.165) is 0 Å². The highest BCUT2D eigenvalue weighted by Gasteiger charge is 2.34. The number of hydrogen-bond acceptors (Lipinski definition) is 6. The molecule has 1 saturated heterocycles. The first-order valence-corrected chi connectivity index (χ1v) is 6.96. The number of nitro groups is 1. The van der Waals surface area contributed by atoms with Gasteiger partial charge in [0.15, 0.2) is 0 Å². The molecule has 0 aromatic heterocycles. The zero-order chi connectivity index (χ0) is 13.8. The zero-order valence-corrected chi connectivity index (χ0v) is 11.2. The number of carbonyl (C=O) groups excluding carboxylic acids is 1. The van der Waals surface area contributed by atoms with Crippen molar-refractivity contribution in [3.63, 3.8) is 0 Å². The molecule has 1 aliphatic heterocycles. The maximum atomic E-state index is 11.6. The molecule has 1 N–H and O–H groups in total. The van der Waals surface area contributed by atoms with E-state index in [4.69, 9.17) is 4.74 Å². The zero-order valence-electron chi connectivity index (χ0n) is 10.4. The van der Waals surface area contributed by atoms with Gasteiger partial charge in [0.25, 0.3) is 5.69 Å². The lowest BCUT2D eigenvalue weighted by molar-refractivity contribution is -0.385. The first-order chi connectivity index (χ1) is 9.13. The molecule has 1 aromatic carbocycles. The van der Waals surface area contributed by atoms with Gasteiger partial charge in [-0.25, -0.2) is 0 Å². The lowest BCUT2D eigenvalue weighted by atomic mass is 10.1. The van der Waals surface area contributed by atoms with Crippen LogP contribution in [-0.2, 0) is 9.53 Å². The van der Waals surface area contributed by atoms with E-state index in [1.165, 1.54) is 17.8 Å². The normalized spacial score (nSPS) is 22.2. The van der Waals surface area contributed by atoms with Crippen molar-refractivity contribution in [3.8, 4) is 0 Å². The number of rotatable bonds is 4. The number of para-hydroxylation sites is 1. The third-order valence-corrected chi connectivity index (χ3v) is 4.02. The Morgan fingerprint density at radius 1 is 1.58 bits per heavy atom. The molecule has 0 aliphatic carbocycles. The SMILES string of the molecule is CCOC(=O)[C@H]1CS[C@@H](c2ccccc2[N+](=O)[O-])N1. The molecule has 0 saturated carbocycles. The Bertz CT molecular complexity index is 494. The molecular weight excluding hydrogens is 268 g/mol. The summed E-state index contributed by atoms with van der Waals surface area (Å²) in [5.74, 6) is 0.242. The molecule has 1 fully saturated rings. The van der Waals surface area contributed by atoms with Gasteiger partial charge < -0.3 is 4.74 Å². The lowest BCUT2D eigenvalue weighted by Gasteiger charge is -2.12. The van der Waals surface area contributed by atoms with E-state index < -0.39 is 11.0 Å². The van der Waals surface area contributed by atoms with E-state index >= 15 is 0 Å². The van der Waals surface area contributed by atoms with Crippen LogP contribution in [0.5, 0.6) is 0 Å². The summed E-state index contributed by atoms with van der Waals surface area (Å²) in [5.41, 5.74) is 0.654. The molecule has 0 spiro atoms. The average Bonchev–Trinajstić information content (AvgIpc) is 2.88. The van der Waals surface area contributed by atoms with Gasteiger partial charge in [0.05, 0.1) is 22.5 Å². The summed E-state index contributed by atoms with van der Waals surface area (Å²) in [5, 5.41) is 13.8.